The molecule has 0 radical (unpaired) electrons. The van der Waals surface area contributed by atoms with E-state index in [0.717, 1.165) is 24.8 Å². The maximum atomic E-state index is 12.8. The Morgan fingerprint density at radius 2 is 1.83 bits per heavy atom. The Morgan fingerprint density at radius 3 is 2.42 bits per heavy atom. The van der Waals surface area contributed by atoms with Crippen molar-refractivity contribution >= 4 is 11.8 Å². The summed E-state index contributed by atoms with van der Waals surface area (Å²) < 4.78 is 0. The quantitative estimate of drug-likeness (QED) is 0.791. The molecule has 0 spiro atoms. The van der Waals surface area contributed by atoms with Gasteiger partial charge in [0.15, 0.2) is 0 Å². The number of carbonyl (C=O) groups is 2. The largest absolute Gasteiger partial charge is 0.352 e. The van der Waals surface area contributed by atoms with Crippen molar-refractivity contribution in [2.75, 3.05) is 0 Å². The van der Waals surface area contributed by atoms with Crippen LogP contribution in [0.25, 0.3) is 0 Å². The van der Waals surface area contributed by atoms with Gasteiger partial charge in [-0.2, -0.15) is 0 Å². The molecule has 1 fully saturated rings. The van der Waals surface area contributed by atoms with Crippen LogP contribution in [0.5, 0.6) is 0 Å². The SMILES string of the molecule is CCCC(=O)N(Cc1ccccc1)[C@H](CC)C(=O)NC1CCCC1. The van der Waals surface area contributed by atoms with Crippen LogP contribution in [0.4, 0.5) is 0 Å². The first kappa shape index (κ1) is 18.5. The molecule has 1 aromatic carbocycles. The first-order valence-electron chi connectivity index (χ1n) is 9.29. The summed E-state index contributed by atoms with van der Waals surface area (Å²) >= 11 is 0. The molecule has 0 bridgehead atoms. The molecule has 2 rings (SSSR count). The average molecular weight is 330 g/mol. The van der Waals surface area contributed by atoms with Gasteiger partial charge in [0.1, 0.15) is 6.04 Å². The van der Waals surface area contributed by atoms with E-state index in [1.807, 2.05) is 44.2 Å². The van der Waals surface area contributed by atoms with E-state index >= 15 is 0 Å². The van der Waals surface area contributed by atoms with Crippen LogP contribution in [0.3, 0.4) is 0 Å². The van der Waals surface area contributed by atoms with E-state index in [-0.39, 0.29) is 23.9 Å². The fourth-order valence-corrected chi connectivity index (χ4v) is 3.42. The highest BCUT2D eigenvalue weighted by Crippen LogP contribution is 2.19. The van der Waals surface area contributed by atoms with E-state index in [9.17, 15) is 9.59 Å². The van der Waals surface area contributed by atoms with Crippen LogP contribution in [0.1, 0.15) is 64.4 Å². The number of carbonyl (C=O) groups excluding carboxylic acids is 2. The van der Waals surface area contributed by atoms with Crippen molar-refractivity contribution in [1.29, 1.82) is 0 Å². The Morgan fingerprint density at radius 1 is 1.17 bits per heavy atom. The van der Waals surface area contributed by atoms with E-state index in [1.165, 1.54) is 12.8 Å². The fourth-order valence-electron chi connectivity index (χ4n) is 3.42. The van der Waals surface area contributed by atoms with Crippen molar-refractivity contribution in [3.05, 3.63) is 35.9 Å². The van der Waals surface area contributed by atoms with Crippen LogP contribution in [0, 0.1) is 0 Å². The number of nitrogens with one attached hydrogen (secondary N) is 1. The molecule has 4 heteroatoms. The molecule has 2 amide bonds. The second kappa shape index (κ2) is 9.45. The molecular weight excluding hydrogens is 300 g/mol. The van der Waals surface area contributed by atoms with E-state index < -0.39 is 0 Å². The van der Waals surface area contributed by atoms with Crippen LogP contribution in [-0.4, -0.2) is 28.8 Å². The molecule has 0 heterocycles. The third-order valence-corrected chi connectivity index (χ3v) is 4.75. The number of hydrogen-bond acceptors (Lipinski definition) is 2. The molecule has 1 saturated carbocycles. The molecule has 0 aliphatic heterocycles. The maximum Gasteiger partial charge on any atom is 0.243 e. The van der Waals surface area contributed by atoms with Gasteiger partial charge in [-0.1, -0.05) is 57.0 Å². The zero-order chi connectivity index (χ0) is 17.4. The second-order valence-corrected chi connectivity index (χ2v) is 6.67. The molecule has 1 aliphatic carbocycles. The molecule has 24 heavy (non-hydrogen) atoms. The molecule has 4 nitrogen and oxygen atoms in total. The molecule has 132 valence electrons. The molecule has 1 atom stereocenters. The Hall–Kier alpha value is -1.84. The minimum atomic E-state index is -0.384. The summed E-state index contributed by atoms with van der Waals surface area (Å²) in [4.78, 5) is 27.2. The Labute approximate surface area is 145 Å². The van der Waals surface area contributed by atoms with Crippen molar-refractivity contribution < 1.29 is 9.59 Å². The first-order chi connectivity index (χ1) is 11.7. The molecule has 1 aromatic rings. The van der Waals surface area contributed by atoms with Crippen LogP contribution in [-0.2, 0) is 16.1 Å². The van der Waals surface area contributed by atoms with Gasteiger partial charge in [-0.05, 0) is 31.2 Å². The van der Waals surface area contributed by atoms with Crippen molar-refractivity contribution in [2.24, 2.45) is 0 Å². The smallest absolute Gasteiger partial charge is 0.243 e. The van der Waals surface area contributed by atoms with Gasteiger partial charge >= 0.3 is 0 Å². The summed E-state index contributed by atoms with van der Waals surface area (Å²) in [5.74, 6) is 0.0690. The third-order valence-electron chi connectivity index (χ3n) is 4.75. The number of amides is 2. The Kier molecular flexibility index (Phi) is 7.29. The minimum Gasteiger partial charge on any atom is -0.352 e. The maximum absolute atomic E-state index is 12.8. The van der Waals surface area contributed by atoms with Crippen LogP contribution in [0.2, 0.25) is 0 Å². The zero-order valence-electron chi connectivity index (χ0n) is 15.0. The Balaban J connectivity index is 2.11. The van der Waals surface area contributed by atoms with Crippen LogP contribution >= 0.6 is 0 Å². The zero-order valence-corrected chi connectivity index (χ0v) is 15.0. The topological polar surface area (TPSA) is 49.4 Å². The van der Waals surface area contributed by atoms with Crippen LogP contribution < -0.4 is 5.32 Å². The van der Waals surface area contributed by atoms with Gasteiger partial charge < -0.3 is 10.2 Å². The summed E-state index contributed by atoms with van der Waals surface area (Å²) in [5, 5.41) is 3.16. The molecule has 0 unspecified atom stereocenters. The van der Waals surface area contributed by atoms with E-state index in [1.54, 1.807) is 4.90 Å². The minimum absolute atomic E-state index is 0.00443. The normalized spacial score (nSPS) is 15.9. The lowest BCUT2D eigenvalue weighted by molar-refractivity contribution is -0.141. The van der Waals surface area contributed by atoms with Crippen molar-refractivity contribution in [2.45, 2.75) is 77.4 Å². The van der Waals surface area contributed by atoms with Crippen LogP contribution in [0.15, 0.2) is 30.3 Å². The molecule has 1 aliphatic rings. The molecule has 0 aromatic heterocycles. The van der Waals surface area contributed by atoms with Gasteiger partial charge in [0.05, 0.1) is 0 Å². The highest BCUT2D eigenvalue weighted by Gasteiger charge is 2.29. The van der Waals surface area contributed by atoms with Gasteiger partial charge in [0.25, 0.3) is 0 Å². The standard InChI is InChI=1S/C20H30N2O2/c1-3-10-19(23)22(15-16-11-6-5-7-12-16)18(4-2)20(24)21-17-13-8-9-14-17/h5-7,11-12,17-18H,3-4,8-10,13-15H2,1-2H3,(H,21,24)/t18-/m1/s1. The monoisotopic (exact) mass is 330 g/mol. The lowest BCUT2D eigenvalue weighted by Crippen LogP contribution is -2.50. The summed E-state index contributed by atoms with van der Waals surface area (Å²) in [6, 6.07) is 9.82. The predicted octanol–water partition coefficient (Wildman–Crippen LogP) is 3.65. The summed E-state index contributed by atoms with van der Waals surface area (Å²) in [6.45, 7) is 4.48. The van der Waals surface area contributed by atoms with E-state index in [4.69, 9.17) is 0 Å². The first-order valence-corrected chi connectivity index (χ1v) is 9.29. The number of rotatable bonds is 8. The number of hydrogen-bond donors (Lipinski definition) is 1. The highest BCUT2D eigenvalue weighted by molar-refractivity contribution is 5.87. The molecule has 0 saturated heterocycles. The van der Waals surface area contributed by atoms with Gasteiger partial charge in [-0.3, -0.25) is 9.59 Å². The predicted molar refractivity (Wildman–Crippen MR) is 96.4 cm³/mol. The van der Waals surface area contributed by atoms with E-state index in [2.05, 4.69) is 5.32 Å². The molecular formula is C20H30N2O2. The van der Waals surface area contributed by atoms with Crippen molar-refractivity contribution in [3.8, 4) is 0 Å². The number of nitrogens with zero attached hydrogens (tertiary/aromatic N) is 1. The average Bonchev–Trinajstić information content (AvgIpc) is 3.08. The van der Waals surface area contributed by atoms with Gasteiger partial charge in [0, 0.05) is 19.0 Å². The Bertz CT molecular complexity index is 524. The third kappa shape index (κ3) is 5.08. The van der Waals surface area contributed by atoms with Gasteiger partial charge in [-0.15, -0.1) is 0 Å². The summed E-state index contributed by atoms with van der Waals surface area (Å²) in [7, 11) is 0. The fraction of sp³-hybridized carbons (Fsp3) is 0.600. The van der Waals surface area contributed by atoms with E-state index in [0.29, 0.717) is 19.4 Å². The van der Waals surface area contributed by atoms with Crippen molar-refractivity contribution in [3.63, 3.8) is 0 Å². The molecule has 1 N–H and O–H groups in total. The lowest BCUT2D eigenvalue weighted by atomic mass is 10.1. The highest BCUT2D eigenvalue weighted by atomic mass is 16.2. The van der Waals surface area contributed by atoms with Crippen molar-refractivity contribution in [1.82, 2.24) is 10.2 Å². The lowest BCUT2D eigenvalue weighted by Gasteiger charge is -2.31. The van der Waals surface area contributed by atoms with Gasteiger partial charge in [0.2, 0.25) is 11.8 Å². The number of benzene rings is 1. The van der Waals surface area contributed by atoms with Gasteiger partial charge in [-0.25, -0.2) is 0 Å². The second-order valence-electron chi connectivity index (χ2n) is 6.67. The summed E-state index contributed by atoms with van der Waals surface area (Å²) in [6.07, 6.45) is 6.41. The summed E-state index contributed by atoms with van der Waals surface area (Å²) in [5.41, 5.74) is 1.06.